The monoisotopic (exact) mass is 453 g/mol. The van der Waals surface area contributed by atoms with E-state index in [1.54, 1.807) is 6.92 Å². The van der Waals surface area contributed by atoms with Gasteiger partial charge in [-0.15, -0.1) is 0 Å². The highest BCUT2D eigenvalue weighted by molar-refractivity contribution is 7.89. The van der Waals surface area contributed by atoms with E-state index in [2.05, 4.69) is 16.6 Å². The van der Waals surface area contributed by atoms with Crippen LogP contribution in [0.2, 0.25) is 0 Å². The fourth-order valence-corrected chi connectivity index (χ4v) is 4.30. The molecule has 0 saturated carbocycles. The van der Waals surface area contributed by atoms with Crippen molar-refractivity contribution in [2.45, 2.75) is 58.9 Å². The molecular weight excluding hydrogens is 422 g/mol. The molecule has 0 aliphatic carbocycles. The minimum absolute atomic E-state index is 0.0667. The van der Waals surface area contributed by atoms with Crippen LogP contribution in [0.15, 0.2) is 46.1 Å². The van der Waals surface area contributed by atoms with E-state index in [-0.39, 0.29) is 31.6 Å². The van der Waals surface area contributed by atoms with Gasteiger partial charge in [0.1, 0.15) is 12.5 Å². The summed E-state index contributed by atoms with van der Waals surface area (Å²) in [6, 6.07) is 8.23. The lowest BCUT2D eigenvalue weighted by Crippen LogP contribution is -2.30. The number of hydrogen-bond donors (Lipinski definition) is 2. The molecule has 0 bridgehead atoms. The molecule has 0 saturated heterocycles. The third-order valence-electron chi connectivity index (χ3n) is 4.58. The SMILES string of the molecule is CCCC(C)Oc1cccc([C@@H](C)NS(=O)(=O)CCCOCn2ccc(=O)[nH]c2=O)c1. The Morgan fingerprint density at radius 2 is 1.97 bits per heavy atom. The van der Waals surface area contributed by atoms with Gasteiger partial charge < -0.3 is 9.47 Å². The molecule has 2 atom stereocenters. The zero-order valence-corrected chi connectivity index (χ0v) is 19.0. The molecule has 0 amide bonds. The van der Waals surface area contributed by atoms with E-state index in [4.69, 9.17) is 9.47 Å². The molecule has 1 unspecified atom stereocenters. The Balaban J connectivity index is 1.81. The van der Waals surface area contributed by atoms with Gasteiger partial charge in [-0.05, 0) is 44.4 Å². The molecule has 172 valence electrons. The number of aromatic amines is 1. The van der Waals surface area contributed by atoms with Gasteiger partial charge in [-0.3, -0.25) is 14.3 Å². The van der Waals surface area contributed by atoms with E-state index in [1.165, 1.54) is 16.8 Å². The maximum Gasteiger partial charge on any atom is 0.330 e. The first-order chi connectivity index (χ1) is 14.7. The Kier molecular flexibility index (Phi) is 9.47. The maximum atomic E-state index is 12.4. The highest BCUT2D eigenvalue weighted by Crippen LogP contribution is 2.21. The molecule has 31 heavy (non-hydrogen) atoms. The number of nitrogens with zero attached hydrogens (tertiary/aromatic N) is 1. The summed E-state index contributed by atoms with van der Waals surface area (Å²) in [5, 5.41) is 0. The van der Waals surface area contributed by atoms with Gasteiger partial charge in [0.15, 0.2) is 0 Å². The topological polar surface area (TPSA) is 119 Å². The van der Waals surface area contributed by atoms with Crippen LogP contribution in [0.1, 0.15) is 51.6 Å². The summed E-state index contributed by atoms with van der Waals surface area (Å²) in [7, 11) is -3.52. The minimum atomic E-state index is -3.52. The van der Waals surface area contributed by atoms with E-state index >= 15 is 0 Å². The van der Waals surface area contributed by atoms with Crippen molar-refractivity contribution < 1.29 is 17.9 Å². The molecule has 0 aliphatic heterocycles. The summed E-state index contributed by atoms with van der Waals surface area (Å²) in [6.07, 6.45) is 3.66. The number of rotatable bonds is 13. The highest BCUT2D eigenvalue weighted by Gasteiger charge is 2.16. The third-order valence-corrected chi connectivity index (χ3v) is 6.11. The molecular formula is C21H31N3O6S. The van der Waals surface area contributed by atoms with Crippen molar-refractivity contribution in [3.05, 3.63) is 62.9 Å². The number of sulfonamides is 1. The second-order valence-corrected chi connectivity index (χ2v) is 9.29. The molecule has 0 fully saturated rings. The average molecular weight is 454 g/mol. The number of hydrogen-bond acceptors (Lipinski definition) is 6. The summed E-state index contributed by atoms with van der Waals surface area (Å²) in [5.41, 5.74) is -0.246. The fraction of sp³-hybridized carbons (Fsp3) is 0.524. The normalized spacial score (nSPS) is 13.6. The second kappa shape index (κ2) is 11.8. The van der Waals surface area contributed by atoms with Gasteiger partial charge in [0.25, 0.3) is 5.56 Å². The summed E-state index contributed by atoms with van der Waals surface area (Å²) < 4.78 is 39.9. The van der Waals surface area contributed by atoms with Crippen LogP contribution in [0.5, 0.6) is 5.75 Å². The van der Waals surface area contributed by atoms with Crippen LogP contribution in [0.3, 0.4) is 0 Å². The number of aromatic nitrogens is 2. The Hall–Kier alpha value is -2.43. The molecule has 10 heteroatoms. The van der Waals surface area contributed by atoms with Crippen LogP contribution in [-0.4, -0.2) is 36.4 Å². The van der Waals surface area contributed by atoms with Crippen LogP contribution < -0.4 is 20.7 Å². The average Bonchev–Trinajstić information content (AvgIpc) is 2.69. The lowest BCUT2D eigenvalue weighted by Gasteiger charge is -2.18. The summed E-state index contributed by atoms with van der Waals surface area (Å²) >= 11 is 0. The summed E-state index contributed by atoms with van der Waals surface area (Å²) in [6.45, 7) is 5.98. The highest BCUT2D eigenvalue weighted by atomic mass is 32.2. The van der Waals surface area contributed by atoms with Gasteiger partial charge in [0.05, 0.1) is 11.9 Å². The Labute approximate surface area is 182 Å². The van der Waals surface area contributed by atoms with Gasteiger partial charge >= 0.3 is 5.69 Å². The molecule has 0 radical (unpaired) electrons. The van der Waals surface area contributed by atoms with E-state index in [0.29, 0.717) is 0 Å². The van der Waals surface area contributed by atoms with Gasteiger partial charge in [-0.2, -0.15) is 0 Å². The first-order valence-corrected chi connectivity index (χ1v) is 12.0. The zero-order chi connectivity index (χ0) is 22.9. The molecule has 1 heterocycles. The Bertz CT molecular complexity index is 1050. The smallest absolute Gasteiger partial charge is 0.330 e. The van der Waals surface area contributed by atoms with E-state index in [0.717, 1.165) is 24.2 Å². The maximum absolute atomic E-state index is 12.4. The minimum Gasteiger partial charge on any atom is -0.491 e. The van der Waals surface area contributed by atoms with Gasteiger partial charge in [0.2, 0.25) is 10.0 Å². The van der Waals surface area contributed by atoms with Crippen molar-refractivity contribution in [1.82, 2.24) is 14.3 Å². The van der Waals surface area contributed by atoms with E-state index in [9.17, 15) is 18.0 Å². The molecule has 9 nitrogen and oxygen atoms in total. The van der Waals surface area contributed by atoms with Gasteiger partial charge in [-0.25, -0.2) is 17.9 Å². The largest absolute Gasteiger partial charge is 0.491 e. The van der Waals surface area contributed by atoms with E-state index in [1.807, 2.05) is 31.2 Å². The molecule has 2 aromatic rings. The molecule has 0 spiro atoms. The first kappa shape index (κ1) is 24.8. The number of benzene rings is 1. The molecule has 0 aliphatic rings. The molecule has 2 N–H and O–H groups in total. The van der Waals surface area contributed by atoms with Crippen molar-refractivity contribution in [2.24, 2.45) is 0 Å². The van der Waals surface area contributed by atoms with E-state index < -0.39 is 27.3 Å². The van der Waals surface area contributed by atoms with Crippen LogP contribution in [0, 0.1) is 0 Å². The molecule has 1 aromatic heterocycles. The predicted molar refractivity (Wildman–Crippen MR) is 119 cm³/mol. The first-order valence-electron chi connectivity index (χ1n) is 10.3. The summed E-state index contributed by atoms with van der Waals surface area (Å²) in [5.74, 6) is 0.608. The van der Waals surface area contributed by atoms with Crippen LogP contribution >= 0.6 is 0 Å². The van der Waals surface area contributed by atoms with Crippen molar-refractivity contribution in [2.75, 3.05) is 12.4 Å². The van der Waals surface area contributed by atoms with Gasteiger partial charge in [0, 0.05) is 24.9 Å². The lowest BCUT2D eigenvalue weighted by molar-refractivity contribution is 0.0744. The molecule has 2 rings (SSSR count). The molecule has 1 aromatic carbocycles. The van der Waals surface area contributed by atoms with Crippen LogP contribution in [-0.2, 0) is 21.5 Å². The van der Waals surface area contributed by atoms with Crippen molar-refractivity contribution in [3.8, 4) is 5.75 Å². The second-order valence-electron chi connectivity index (χ2n) is 7.42. The van der Waals surface area contributed by atoms with Crippen LogP contribution in [0.25, 0.3) is 0 Å². The number of nitrogens with one attached hydrogen (secondary N) is 2. The number of H-pyrrole nitrogens is 1. The number of ether oxygens (including phenoxy) is 2. The van der Waals surface area contributed by atoms with Crippen molar-refractivity contribution in [3.63, 3.8) is 0 Å². The Morgan fingerprint density at radius 1 is 1.19 bits per heavy atom. The summed E-state index contributed by atoms with van der Waals surface area (Å²) in [4.78, 5) is 24.7. The fourth-order valence-electron chi connectivity index (χ4n) is 3.01. The third kappa shape index (κ3) is 8.68. The zero-order valence-electron chi connectivity index (χ0n) is 18.2. The quantitative estimate of drug-likeness (QED) is 0.449. The lowest BCUT2D eigenvalue weighted by atomic mass is 10.1. The van der Waals surface area contributed by atoms with Crippen molar-refractivity contribution in [1.29, 1.82) is 0 Å². The van der Waals surface area contributed by atoms with Crippen LogP contribution in [0.4, 0.5) is 0 Å². The standard InChI is InChI=1S/C21H31N3O6S/c1-4-7-16(2)30-19-9-5-8-18(14-19)17(3)23-31(27,28)13-6-12-29-15-24-11-10-20(25)22-21(24)26/h5,8-11,14,16-17,23H,4,6-7,12-13,15H2,1-3H3,(H,22,25,26)/t16?,17-/m1/s1. The van der Waals surface area contributed by atoms with Gasteiger partial charge in [-0.1, -0.05) is 25.5 Å². The predicted octanol–water partition coefficient (Wildman–Crippen LogP) is 2.15. The Morgan fingerprint density at radius 3 is 2.68 bits per heavy atom. The van der Waals surface area contributed by atoms with Crippen molar-refractivity contribution >= 4 is 10.0 Å².